The molecular formula is C11H16N2O. The number of aliphatic hydroxyl groups excluding tert-OH is 1. The molecule has 0 aromatic carbocycles. The molecule has 3 nitrogen and oxygen atoms in total. The fraction of sp³-hybridized carbons (Fsp3) is 0.545. The second-order valence-corrected chi connectivity index (χ2v) is 3.09. The summed E-state index contributed by atoms with van der Waals surface area (Å²) < 4.78 is 1.95. The van der Waals surface area contributed by atoms with Crippen LogP contribution in [0.25, 0.3) is 0 Å². The zero-order valence-electron chi connectivity index (χ0n) is 8.70. The average molecular weight is 192 g/mol. The molecule has 0 saturated heterocycles. The number of aryl methyl sites for hydroxylation is 1. The second kappa shape index (κ2) is 5.46. The van der Waals surface area contributed by atoms with Crippen molar-refractivity contribution in [3.63, 3.8) is 0 Å². The first-order valence-corrected chi connectivity index (χ1v) is 4.87. The van der Waals surface area contributed by atoms with Gasteiger partial charge in [-0.3, -0.25) is 0 Å². The van der Waals surface area contributed by atoms with Crippen molar-refractivity contribution < 1.29 is 5.11 Å². The van der Waals surface area contributed by atoms with Gasteiger partial charge in [-0.25, -0.2) is 4.98 Å². The van der Waals surface area contributed by atoms with Crippen LogP contribution in [-0.2, 0) is 6.54 Å². The van der Waals surface area contributed by atoms with E-state index >= 15 is 0 Å². The van der Waals surface area contributed by atoms with E-state index in [-0.39, 0.29) is 0 Å². The highest BCUT2D eigenvalue weighted by atomic mass is 16.3. The van der Waals surface area contributed by atoms with Gasteiger partial charge in [0, 0.05) is 13.0 Å². The third kappa shape index (κ3) is 2.61. The highest BCUT2D eigenvalue weighted by Crippen LogP contribution is 2.17. The van der Waals surface area contributed by atoms with E-state index < -0.39 is 6.10 Å². The summed E-state index contributed by atoms with van der Waals surface area (Å²) in [4.78, 5) is 4.01. The van der Waals surface area contributed by atoms with Gasteiger partial charge in [0.2, 0.25) is 0 Å². The maximum absolute atomic E-state index is 9.82. The standard InChI is InChI=1S/C11H16N2O/c1-3-5-6-7-11(14)10-8-12-9-13(10)4-2/h8-9,11,14H,4,6-7H2,1-2H3. The Hall–Kier alpha value is -1.27. The molecule has 76 valence electrons. The van der Waals surface area contributed by atoms with Crippen LogP contribution in [0.15, 0.2) is 12.5 Å². The van der Waals surface area contributed by atoms with Crippen LogP contribution in [0.2, 0.25) is 0 Å². The first-order chi connectivity index (χ1) is 6.79. The lowest BCUT2D eigenvalue weighted by Crippen LogP contribution is -2.05. The Labute approximate surface area is 84.8 Å². The molecule has 0 aliphatic rings. The van der Waals surface area contributed by atoms with Crippen molar-refractivity contribution in [3.05, 3.63) is 18.2 Å². The molecular weight excluding hydrogens is 176 g/mol. The van der Waals surface area contributed by atoms with E-state index in [0.717, 1.165) is 18.7 Å². The molecule has 0 radical (unpaired) electrons. The van der Waals surface area contributed by atoms with E-state index in [0.29, 0.717) is 6.42 Å². The summed E-state index contributed by atoms with van der Waals surface area (Å²) in [6, 6.07) is 0. The zero-order valence-corrected chi connectivity index (χ0v) is 8.70. The molecule has 0 bridgehead atoms. The van der Waals surface area contributed by atoms with Crippen LogP contribution in [0.1, 0.15) is 38.5 Å². The number of nitrogens with zero attached hydrogens (tertiary/aromatic N) is 2. The van der Waals surface area contributed by atoms with Gasteiger partial charge in [0.15, 0.2) is 0 Å². The lowest BCUT2D eigenvalue weighted by atomic mass is 10.1. The third-order valence-corrected chi connectivity index (χ3v) is 2.15. The van der Waals surface area contributed by atoms with Gasteiger partial charge in [0.05, 0.1) is 24.3 Å². The largest absolute Gasteiger partial charge is 0.387 e. The number of hydrogen-bond acceptors (Lipinski definition) is 2. The van der Waals surface area contributed by atoms with E-state index in [9.17, 15) is 5.11 Å². The first-order valence-electron chi connectivity index (χ1n) is 4.87. The minimum absolute atomic E-state index is 0.446. The summed E-state index contributed by atoms with van der Waals surface area (Å²) in [5.74, 6) is 5.75. The van der Waals surface area contributed by atoms with E-state index in [1.54, 1.807) is 12.5 Å². The molecule has 0 saturated carbocycles. The Balaban J connectivity index is 2.58. The molecule has 1 heterocycles. The van der Waals surface area contributed by atoms with Crippen LogP contribution < -0.4 is 0 Å². The molecule has 1 rings (SSSR count). The van der Waals surface area contributed by atoms with Gasteiger partial charge in [-0.1, -0.05) is 0 Å². The van der Waals surface area contributed by atoms with Gasteiger partial charge in [-0.15, -0.1) is 11.8 Å². The van der Waals surface area contributed by atoms with Gasteiger partial charge in [-0.05, 0) is 20.3 Å². The molecule has 1 N–H and O–H groups in total. The fourth-order valence-corrected chi connectivity index (χ4v) is 1.35. The Kier molecular flexibility index (Phi) is 4.21. The van der Waals surface area contributed by atoms with E-state index in [1.165, 1.54) is 0 Å². The molecule has 1 aromatic heterocycles. The van der Waals surface area contributed by atoms with Crippen molar-refractivity contribution >= 4 is 0 Å². The van der Waals surface area contributed by atoms with Crippen molar-refractivity contribution in [2.45, 2.75) is 39.3 Å². The van der Waals surface area contributed by atoms with Gasteiger partial charge >= 0.3 is 0 Å². The number of hydrogen-bond donors (Lipinski definition) is 1. The van der Waals surface area contributed by atoms with E-state index in [4.69, 9.17) is 0 Å². The van der Waals surface area contributed by atoms with E-state index in [1.807, 2.05) is 18.4 Å². The van der Waals surface area contributed by atoms with Crippen LogP contribution in [-0.4, -0.2) is 14.7 Å². The monoisotopic (exact) mass is 192 g/mol. The molecule has 1 aromatic rings. The fourth-order valence-electron chi connectivity index (χ4n) is 1.35. The van der Waals surface area contributed by atoms with Crippen LogP contribution in [0.3, 0.4) is 0 Å². The minimum Gasteiger partial charge on any atom is -0.387 e. The summed E-state index contributed by atoms with van der Waals surface area (Å²) in [6.07, 6.45) is 4.41. The summed E-state index contributed by atoms with van der Waals surface area (Å²) in [6.45, 7) is 4.68. The van der Waals surface area contributed by atoms with Gasteiger partial charge in [0.25, 0.3) is 0 Å². The van der Waals surface area contributed by atoms with Crippen molar-refractivity contribution in [1.82, 2.24) is 9.55 Å². The smallest absolute Gasteiger partial charge is 0.0964 e. The lowest BCUT2D eigenvalue weighted by molar-refractivity contribution is 0.160. The molecule has 0 aliphatic carbocycles. The normalized spacial score (nSPS) is 11.9. The van der Waals surface area contributed by atoms with Gasteiger partial charge in [-0.2, -0.15) is 0 Å². The van der Waals surface area contributed by atoms with Crippen molar-refractivity contribution in [3.8, 4) is 11.8 Å². The molecule has 0 fully saturated rings. The number of aromatic nitrogens is 2. The summed E-state index contributed by atoms with van der Waals surface area (Å²) in [5.41, 5.74) is 0.880. The summed E-state index contributed by atoms with van der Waals surface area (Å²) in [7, 11) is 0. The minimum atomic E-state index is -0.446. The summed E-state index contributed by atoms with van der Waals surface area (Å²) in [5, 5.41) is 9.82. The summed E-state index contributed by atoms with van der Waals surface area (Å²) >= 11 is 0. The molecule has 0 amide bonds. The molecule has 3 heteroatoms. The Morgan fingerprint density at radius 3 is 3.07 bits per heavy atom. The number of imidazole rings is 1. The number of aliphatic hydroxyl groups is 1. The van der Waals surface area contributed by atoms with Gasteiger partial charge in [0.1, 0.15) is 0 Å². The Morgan fingerprint density at radius 1 is 1.64 bits per heavy atom. The van der Waals surface area contributed by atoms with Crippen molar-refractivity contribution in [1.29, 1.82) is 0 Å². The first kappa shape index (κ1) is 10.8. The molecule has 1 atom stereocenters. The Bertz CT molecular complexity index is 333. The van der Waals surface area contributed by atoms with Crippen LogP contribution in [0.5, 0.6) is 0 Å². The maximum atomic E-state index is 9.82. The van der Waals surface area contributed by atoms with Crippen LogP contribution in [0.4, 0.5) is 0 Å². The maximum Gasteiger partial charge on any atom is 0.0964 e. The SMILES string of the molecule is CC#CCCC(O)c1cncn1CC. The van der Waals surface area contributed by atoms with Crippen LogP contribution in [0, 0.1) is 11.8 Å². The predicted molar refractivity (Wildman–Crippen MR) is 55.5 cm³/mol. The third-order valence-electron chi connectivity index (χ3n) is 2.15. The van der Waals surface area contributed by atoms with Crippen molar-refractivity contribution in [2.75, 3.05) is 0 Å². The topological polar surface area (TPSA) is 38.1 Å². The molecule has 1 unspecified atom stereocenters. The van der Waals surface area contributed by atoms with Crippen LogP contribution >= 0.6 is 0 Å². The highest BCUT2D eigenvalue weighted by molar-refractivity contribution is 5.04. The van der Waals surface area contributed by atoms with Crippen molar-refractivity contribution in [2.24, 2.45) is 0 Å². The molecule has 14 heavy (non-hydrogen) atoms. The second-order valence-electron chi connectivity index (χ2n) is 3.09. The average Bonchev–Trinajstić information content (AvgIpc) is 2.65. The molecule has 0 aliphatic heterocycles. The zero-order chi connectivity index (χ0) is 10.4. The predicted octanol–water partition coefficient (Wildman–Crippen LogP) is 1.74. The quantitative estimate of drug-likeness (QED) is 0.738. The highest BCUT2D eigenvalue weighted by Gasteiger charge is 2.10. The Morgan fingerprint density at radius 2 is 2.43 bits per heavy atom. The lowest BCUT2D eigenvalue weighted by Gasteiger charge is -2.10. The molecule has 0 spiro atoms. The number of rotatable bonds is 4. The van der Waals surface area contributed by atoms with Gasteiger partial charge < -0.3 is 9.67 Å². The van der Waals surface area contributed by atoms with E-state index in [2.05, 4.69) is 16.8 Å².